The van der Waals surface area contributed by atoms with Crippen molar-refractivity contribution in [2.24, 2.45) is 5.73 Å². The lowest BCUT2D eigenvalue weighted by Gasteiger charge is -2.21. The number of amides is 1. The molecule has 1 amide bonds. The van der Waals surface area contributed by atoms with Crippen molar-refractivity contribution in [1.29, 1.82) is 0 Å². The van der Waals surface area contributed by atoms with E-state index in [1.807, 2.05) is 4.90 Å². The van der Waals surface area contributed by atoms with Crippen LogP contribution in [0, 0.1) is 0 Å². The van der Waals surface area contributed by atoms with Gasteiger partial charge in [0.05, 0.1) is 0 Å². The van der Waals surface area contributed by atoms with Crippen molar-refractivity contribution in [2.45, 2.75) is 26.2 Å². The third kappa shape index (κ3) is 5.01. The lowest BCUT2D eigenvalue weighted by Crippen LogP contribution is -2.30. The van der Waals surface area contributed by atoms with Crippen LogP contribution in [0.15, 0.2) is 0 Å². The molecule has 0 aliphatic heterocycles. The Kier molecular flexibility index (Phi) is 6.07. The number of hydrogen-bond donors (Lipinski definition) is 1. The van der Waals surface area contributed by atoms with E-state index in [1.54, 1.807) is 0 Å². The predicted molar refractivity (Wildman–Crippen MR) is 70.8 cm³/mol. The van der Waals surface area contributed by atoms with Gasteiger partial charge in [-0.05, 0) is 29.6 Å². The van der Waals surface area contributed by atoms with E-state index >= 15 is 0 Å². The molecule has 0 saturated carbocycles. The molecule has 0 fully saturated rings. The summed E-state index contributed by atoms with van der Waals surface area (Å²) in [6.45, 7) is 3.21. The number of carbonyl (C=O) groups is 1. The number of rotatable bonds is 7. The number of anilines is 1. The molecule has 1 aromatic heterocycles. The second-order valence-electron chi connectivity index (χ2n) is 3.73. The Morgan fingerprint density at radius 2 is 1.83 bits per heavy atom. The molecule has 0 radical (unpaired) electrons. The first-order chi connectivity index (χ1) is 8.52. The molecule has 18 heavy (non-hydrogen) atoms. The van der Waals surface area contributed by atoms with Gasteiger partial charge in [0.25, 0.3) is 0 Å². The van der Waals surface area contributed by atoms with E-state index in [2.05, 4.69) is 21.9 Å². The zero-order chi connectivity index (χ0) is 13.5. The molecular formula is C10H15Cl2N5O. The quantitative estimate of drug-likeness (QED) is 0.826. The molecule has 0 aliphatic carbocycles. The van der Waals surface area contributed by atoms with Gasteiger partial charge in [0.1, 0.15) is 0 Å². The normalized spacial score (nSPS) is 10.4. The molecular weight excluding hydrogens is 277 g/mol. The van der Waals surface area contributed by atoms with Crippen LogP contribution in [0.3, 0.4) is 0 Å². The average molecular weight is 292 g/mol. The standard InChI is InChI=1S/C10H15Cl2N5O/c1-2-3-5-17(6-4-7(13)18)10-15-8(11)14-9(12)16-10/h2-6H2,1H3,(H2,13,18). The van der Waals surface area contributed by atoms with Gasteiger partial charge in [-0.15, -0.1) is 0 Å². The molecule has 0 unspecified atom stereocenters. The molecule has 6 nitrogen and oxygen atoms in total. The van der Waals surface area contributed by atoms with E-state index in [0.29, 0.717) is 19.0 Å². The van der Waals surface area contributed by atoms with Crippen LogP contribution in [0.2, 0.25) is 10.6 Å². The first kappa shape index (κ1) is 14.9. The number of halogens is 2. The topological polar surface area (TPSA) is 85.0 Å². The highest BCUT2D eigenvalue weighted by molar-refractivity contribution is 6.31. The van der Waals surface area contributed by atoms with Gasteiger partial charge in [-0.25, -0.2) is 0 Å². The molecule has 100 valence electrons. The van der Waals surface area contributed by atoms with Crippen molar-refractivity contribution in [3.8, 4) is 0 Å². The van der Waals surface area contributed by atoms with Crippen LogP contribution in [0.5, 0.6) is 0 Å². The fourth-order valence-corrected chi connectivity index (χ4v) is 1.72. The van der Waals surface area contributed by atoms with Gasteiger partial charge in [-0.1, -0.05) is 13.3 Å². The van der Waals surface area contributed by atoms with E-state index < -0.39 is 0 Å². The molecule has 8 heteroatoms. The number of unbranched alkanes of at least 4 members (excludes halogenated alkanes) is 1. The van der Waals surface area contributed by atoms with Gasteiger partial charge < -0.3 is 10.6 Å². The van der Waals surface area contributed by atoms with Crippen molar-refractivity contribution < 1.29 is 4.79 Å². The van der Waals surface area contributed by atoms with Gasteiger partial charge in [-0.2, -0.15) is 15.0 Å². The SMILES string of the molecule is CCCCN(CCC(N)=O)c1nc(Cl)nc(Cl)n1. The van der Waals surface area contributed by atoms with Crippen LogP contribution < -0.4 is 10.6 Å². The van der Waals surface area contributed by atoms with Gasteiger partial charge in [-0.3, -0.25) is 4.79 Å². The molecule has 1 heterocycles. The first-order valence-electron chi connectivity index (χ1n) is 5.63. The van der Waals surface area contributed by atoms with E-state index in [9.17, 15) is 4.79 Å². The zero-order valence-electron chi connectivity index (χ0n) is 10.1. The van der Waals surface area contributed by atoms with Gasteiger partial charge in [0.15, 0.2) is 0 Å². The van der Waals surface area contributed by atoms with Crippen molar-refractivity contribution in [3.63, 3.8) is 0 Å². The Balaban J connectivity index is 2.82. The number of carbonyl (C=O) groups excluding carboxylic acids is 1. The van der Waals surface area contributed by atoms with Crippen LogP contribution >= 0.6 is 23.2 Å². The smallest absolute Gasteiger partial charge is 0.230 e. The minimum absolute atomic E-state index is 0.0329. The fraction of sp³-hybridized carbons (Fsp3) is 0.600. The van der Waals surface area contributed by atoms with Crippen LogP contribution in [-0.2, 0) is 4.79 Å². The van der Waals surface area contributed by atoms with E-state index in [4.69, 9.17) is 28.9 Å². The van der Waals surface area contributed by atoms with Crippen LogP contribution in [-0.4, -0.2) is 33.9 Å². The maximum Gasteiger partial charge on any atom is 0.230 e. The lowest BCUT2D eigenvalue weighted by molar-refractivity contribution is -0.117. The summed E-state index contributed by atoms with van der Waals surface area (Å²) < 4.78 is 0. The Morgan fingerprint density at radius 1 is 1.22 bits per heavy atom. The Hall–Kier alpha value is -1.14. The largest absolute Gasteiger partial charge is 0.370 e. The monoisotopic (exact) mass is 291 g/mol. The maximum absolute atomic E-state index is 10.8. The van der Waals surface area contributed by atoms with E-state index in [1.165, 1.54) is 0 Å². The predicted octanol–water partition coefficient (Wildman–Crippen LogP) is 1.66. The third-order valence-corrected chi connectivity index (χ3v) is 2.60. The Bertz CT molecular complexity index is 395. The molecule has 2 N–H and O–H groups in total. The van der Waals surface area contributed by atoms with E-state index in [0.717, 1.165) is 12.8 Å². The molecule has 1 rings (SSSR count). The van der Waals surface area contributed by atoms with Crippen LogP contribution in [0.4, 0.5) is 5.95 Å². The number of aromatic nitrogens is 3. The van der Waals surface area contributed by atoms with E-state index in [-0.39, 0.29) is 22.9 Å². The number of nitrogens with two attached hydrogens (primary N) is 1. The summed E-state index contributed by atoms with van der Waals surface area (Å²) in [7, 11) is 0. The first-order valence-corrected chi connectivity index (χ1v) is 6.39. The molecule has 0 aliphatic rings. The average Bonchev–Trinajstić information content (AvgIpc) is 2.27. The van der Waals surface area contributed by atoms with Crippen molar-refractivity contribution in [3.05, 3.63) is 10.6 Å². The van der Waals surface area contributed by atoms with Gasteiger partial charge >= 0.3 is 0 Å². The minimum Gasteiger partial charge on any atom is -0.370 e. The molecule has 0 atom stereocenters. The summed E-state index contributed by atoms with van der Waals surface area (Å²) in [5.41, 5.74) is 5.14. The van der Waals surface area contributed by atoms with Crippen molar-refractivity contribution >= 4 is 35.1 Å². The molecule has 0 aromatic carbocycles. The second-order valence-corrected chi connectivity index (χ2v) is 4.41. The van der Waals surface area contributed by atoms with Crippen molar-refractivity contribution in [2.75, 3.05) is 18.0 Å². The third-order valence-electron chi connectivity index (χ3n) is 2.26. The highest BCUT2D eigenvalue weighted by Crippen LogP contribution is 2.14. The lowest BCUT2D eigenvalue weighted by atomic mass is 10.3. The molecule has 0 bridgehead atoms. The second kappa shape index (κ2) is 7.33. The highest BCUT2D eigenvalue weighted by Gasteiger charge is 2.12. The number of primary amides is 1. The highest BCUT2D eigenvalue weighted by atomic mass is 35.5. The molecule has 1 aromatic rings. The summed E-state index contributed by atoms with van der Waals surface area (Å²) in [6, 6.07) is 0. The summed E-state index contributed by atoms with van der Waals surface area (Å²) in [4.78, 5) is 24.3. The van der Waals surface area contributed by atoms with Crippen molar-refractivity contribution in [1.82, 2.24) is 15.0 Å². The summed E-state index contributed by atoms with van der Waals surface area (Å²) in [5, 5.41) is 0.0659. The molecule has 0 spiro atoms. The number of hydrogen-bond acceptors (Lipinski definition) is 5. The maximum atomic E-state index is 10.8. The van der Waals surface area contributed by atoms with Gasteiger partial charge in [0.2, 0.25) is 22.4 Å². The fourth-order valence-electron chi connectivity index (χ4n) is 1.36. The van der Waals surface area contributed by atoms with Crippen LogP contribution in [0.25, 0.3) is 0 Å². The summed E-state index contributed by atoms with van der Waals surface area (Å²) in [6.07, 6.45) is 2.18. The summed E-state index contributed by atoms with van der Waals surface area (Å²) in [5.74, 6) is -0.00236. The van der Waals surface area contributed by atoms with Crippen LogP contribution in [0.1, 0.15) is 26.2 Å². The zero-order valence-corrected chi connectivity index (χ0v) is 11.6. The molecule has 0 saturated heterocycles. The number of nitrogens with zero attached hydrogens (tertiary/aromatic N) is 4. The Morgan fingerprint density at radius 3 is 2.33 bits per heavy atom. The Labute approximate surface area is 116 Å². The van der Waals surface area contributed by atoms with Gasteiger partial charge in [0, 0.05) is 19.5 Å². The minimum atomic E-state index is -0.372. The summed E-state index contributed by atoms with van der Waals surface area (Å²) >= 11 is 11.5.